The first-order valence-corrected chi connectivity index (χ1v) is 17.6. The maximum Gasteiger partial charge on any atom is 0.219 e. The SMILES string of the molecule is CCCCCCCCCCCCCOc1ccc(CN(CCOCCOc2ccc(C(N)c3ccccc3)cc2)C(C)=O)cc1C. The highest BCUT2D eigenvalue weighted by molar-refractivity contribution is 5.73. The Hall–Kier alpha value is -3.35. The van der Waals surface area contributed by atoms with Gasteiger partial charge in [-0.15, -0.1) is 0 Å². The van der Waals surface area contributed by atoms with Crippen molar-refractivity contribution in [3.8, 4) is 11.5 Å². The van der Waals surface area contributed by atoms with Gasteiger partial charge >= 0.3 is 0 Å². The molecule has 0 saturated heterocycles. The Kier molecular flexibility index (Phi) is 17.9. The van der Waals surface area contributed by atoms with Crippen LogP contribution >= 0.6 is 0 Å². The van der Waals surface area contributed by atoms with Gasteiger partial charge in [-0.25, -0.2) is 0 Å². The lowest BCUT2D eigenvalue weighted by Crippen LogP contribution is -2.32. The minimum Gasteiger partial charge on any atom is -0.493 e. The Morgan fingerprint density at radius 3 is 1.98 bits per heavy atom. The van der Waals surface area contributed by atoms with Crippen LogP contribution in [0.25, 0.3) is 0 Å². The van der Waals surface area contributed by atoms with E-state index in [1.165, 1.54) is 64.2 Å². The third-order valence-corrected chi connectivity index (χ3v) is 8.46. The molecule has 46 heavy (non-hydrogen) atoms. The summed E-state index contributed by atoms with van der Waals surface area (Å²) in [5, 5.41) is 0. The van der Waals surface area contributed by atoms with Crippen molar-refractivity contribution >= 4 is 5.91 Å². The average molecular weight is 631 g/mol. The smallest absolute Gasteiger partial charge is 0.219 e. The fourth-order valence-corrected chi connectivity index (χ4v) is 5.61. The van der Waals surface area contributed by atoms with Crippen LogP contribution in [0.15, 0.2) is 72.8 Å². The molecule has 6 nitrogen and oxygen atoms in total. The molecule has 0 aliphatic carbocycles. The van der Waals surface area contributed by atoms with E-state index in [2.05, 4.69) is 26.0 Å². The fraction of sp³-hybridized carbons (Fsp3) is 0.525. The number of nitrogens with zero attached hydrogens (tertiary/aromatic N) is 1. The van der Waals surface area contributed by atoms with E-state index in [1.807, 2.05) is 65.6 Å². The molecule has 1 atom stereocenters. The van der Waals surface area contributed by atoms with Gasteiger partial charge in [-0.1, -0.05) is 126 Å². The number of nitrogens with two attached hydrogens (primary N) is 1. The number of hydrogen-bond donors (Lipinski definition) is 1. The summed E-state index contributed by atoms with van der Waals surface area (Å²) < 4.78 is 17.7. The zero-order chi connectivity index (χ0) is 32.8. The van der Waals surface area contributed by atoms with Gasteiger partial charge in [0.25, 0.3) is 0 Å². The number of carbonyl (C=O) groups excluding carboxylic acids is 1. The third-order valence-electron chi connectivity index (χ3n) is 8.46. The van der Waals surface area contributed by atoms with E-state index >= 15 is 0 Å². The summed E-state index contributed by atoms with van der Waals surface area (Å²) in [5.41, 5.74) is 10.7. The maximum atomic E-state index is 12.3. The Bertz CT molecular complexity index is 1230. The first-order chi connectivity index (χ1) is 22.5. The second-order valence-electron chi connectivity index (χ2n) is 12.3. The molecule has 1 unspecified atom stereocenters. The van der Waals surface area contributed by atoms with E-state index in [0.29, 0.717) is 32.9 Å². The molecule has 0 spiro atoms. The Labute approximate surface area is 278 Å². The Balaban J connectivity index is 1.27. The highest BCUT2D eigenvalue weighted by Crippen LogP contribution is 2.23. The van der Waals surface area contributed by atoms with Gasteiger partial charge in [-0.3, -0.25) is 4.79 Å². The summed E-state index contributed by atoms with van der Waals surface area (Å²) in [6.07, 6.45) is 14.6. The van der Waals surface area contributed by atoms with Crippen molar-refractivity contribution in [1.29, 1.82) is 0 Å². The van der Waals surface area contributed by atoms with Gasteiger partial charge in [0, 0.05) is 20.0 Å². The van der Waals surface area contributed by atoms with Crippen LogP contribution in [0.3, 0.4) is 0 Å². The first kappa shape index (κ1) is 37.1. The van der Waals surface area contributed by atoms with Crippen molar-refractivity contribution in [2.45, 2.75) is 104 Å². The molecule has 0 aliphatic heterocycles. The molecule has 252 valence electrons. The lowest BCUT2D eigenvalue weighted by Gasteiger charge is -2.22. The molecule has 0 heterocycles. The number of hydrogen-bond acceptors (Lipinski definition) is 5. The van der Waals surface area contributed by atoms with Crippen LogP contribution in [0.5, 0.6) is 11.5 Å². The van der Waals surface area contributed by atoms with Crippen molar-refractivity contribution < 1.29 is 19.0 Å². The predicted molar refractivity (Wildman–Crippen MR) is 189 cm³/mol. The standard InChI is InChI=1S/C40H58N2O4/c1-4-5-6-7-8-9-10-11-12-13-17-27-46-39-25-20-35(31-33(39)2)32-42(34(3)43)26-28-44-29-30-45-38-23-21-37(22-24-38)40(41)36-18-15-14-16-19-36/h14-16,18-25,31,40H,4-13,17,26-30,32,41H2,1-3H3. The molecular formula is C40H58N2O4. The molecule has 0 aliphatic rings. The predicted octanol–water partition coefficient (Wildman–Crippen LogP) is 9.18. The monoisotopic (exact) mass is 630 g/mol. The second-order valence-corrected chi connectivity index (χ2v) is 12.3. The summed E-state index contributed by atoms with van der Waals surface area (Å²) in [6, 6.07) is 24.0. The number of ether oxygens (including phenoxy) is 3. The zero-order valence-electron chi connectivity index (χ0n) is 28.7. The summed E-state index contributed by atoms with van der Waals surface area (Å²) in [4.78, 5) is 14.1. The summed E-state index contributed by atoms with van der Waals surface area (Å²) in [5.74, 6) is 1.74. The fourth-order valence-electron chi connectivity index (χ4n) is 5.61. The van der Waals surface area contributed by atoms with Gasteiger partial charge in [-0.2, -0.15) is 0 Å². The van der Waals surface area contributed by atoms with Gasteiger partial charge < -0.3 is 24.8 Å². The molecule has 6 heteroatoms. The molecule has 1 amide bonds. The average Bonchev–Trinajstić information content (AvgIpc) is 3.07. The van der Waals surface area contributed by atoms with Crippen molar-refractivity contribution in [3.63, 3.8) is 0 Å². The van der Waals surface area contributed by atoms with E-state index in [9.17, 15) is 4.79 Å². The van der Waals surface area contributed by atoms with Gasteiger partial charge in [0.1, 0.15) is 18.1 Å². The summed E-state index contributed by atoms with van der Waals surface area (Å²) in [7, 11) is 0. The molecule has 0 aromatic heterocycles. The number of aryl methyl sites for hydroxylation is 1. The molecule has 3 aromatic carbocycles. The Morgan fingerprint density at radius 1 is 0.717 bits per heavy atom. The first-order valence-electron chi connectivity index (χ1n) is 17.6. The number of benzene rings is 3. The minimum atomic E-state index is -0.165. The third kappa shape index (κ3) is 14.4. The van der Waals surface area contributed by atoms with E-state index in [-0.39, 0.29) is 11.9 Å². The number of amides is 1. The van der Waals surface area contributed by atoms with E-state index < -0.39 is 0 Å². The van der Waals surface area contributed by atoms with Crippen LogP contribution in [-0.2, 0) is 16.1 Å². The molecule has 2 N–H and O–H groups in total. The number of unbranched alkanes of at least 4 members (excludes halogenated alkanes) is 10. The lowest BCUT2D eigenvalue weighted by atomic mass is 10.00. The van der Waals surface area contributed by atoms with Gasteiger partial charge in [-0.05, 0) is 53.8 Å². The summed E-state index contributed by atoms with van der Waals surface area (Å²) >= 11 is 0. The van der Waals surface area contributed by atoms with Crippen molar-refractivity contribution in [2.24, 2.45) is 5.73 Å². The van der Waals surface area contributed by atoms with Gasteiger partial charge in [0.15, 0.2) is 0 Å². The topological polar surface area (TPSA) is 74.0 Å². The quantitative estimate of drug-likeness (QED) is 0.0999. The Morgan fingerprint density at radius 2 is 1.35 bits per heavy atom. The molecule has 3 aromatic rings. The second kappa shape index (κ2) is 22.2. The van der Waals surface area contributed by atoms with Crippen LogP contribution in [-0.4, -0.2) is 43.8 Å². The van der Waals surface area contributed by atoms with Gasteiger partial charge in [0.05, 0.1) is 25.9 Å². The molecule has 0 radical (unpaired) electrons. The van der Waals surface area contributed by atoms with Crippen molar-refractivity contribution in [3.05, 3.63) is 95.1 Å². The molecule has 0 bridgehead atoms. The number of carbonyl (C=O) groups is 1. The highest BCUT2D eigenvalue weighted by atomic mass is 16.5. The van der Waals surface area contributed by atoms with Crippen LogP contribution in [0.2, 0.25) is 0 Å². The number of rotatable bonds is 24. The van der Waals surface area contributed by atoms with Crippen LogP contribution in [0, 0.1) is 6.92 Å². The highest BCUT2D eigenvalue weighted by Gasteiger charge is 2.12. The van der Waals surface area contributed by atoms with E-state index in [1.54, 1.807) is 6.92 Å². The molecule has 3 rings (SSSR count). The van der Waals surface area contributed by atoms with Crippen LogP contribution < -0.4 is 15.2 Å². The molecular weight excluding hydrogens is 572 g/mol. The van der Waals surface area contributed by atoms with Gasteiger partial charge in [0.2, 0.25) is 5.91 Å². The van der Waals surface area contributed by atoms with Crippen molar-refractivity contribution in [1.82, 2.24) is 4.90 Å². The normalized spacial score (nSPS) is 11.7. The maximum absolute atomic E-state index is 12.3. The molecule has 0 fully saturated rings. The van der Waals surface area contributed by atoms with Crippen LogP contribution in [0.1, 0.15) is 113 Å². The molecule has 0 saturated carbocycles. The lowest BCUT2D eigenvalue weighted by molar-refractivity contribution is -0.130. The van der Waals surface area contributed by atoms with Crippen LogP contribution in [0.4, 0.5) is 0 Å². The van der Waals surface area contributed by atoms with E-state index in [4.69, 9.17) is 19.9 Å². The summed E-state index contributed by atoms with van der Waals surface area (Å²) in [6.45, 7) is 9.11. The minimum absolute atomic E-state index is 0.0307. The largest absolute Gasteiger partial charge is 0.493 e. The van der Waals surface area contributed by atoms with Crippen molar-refractivity contribution in [2.75, 3.05) is 33.0 Å². The zero-order valence-corrected chi connectivity index (χ0v) is 28.7. The van der Waals surface area contributed by atoms with E-state index in [0.717, 1.165) is 46.8 Å².